The second-order valence-electron chi connectivity index (χ2n) is 8.83. The minimum atomic E-state index is -0.498. The lowest BCUT2D eigenvalue weighted by Crippen LogP contribution is -2.50. The number of nitrogens with two attached hydrogens (primary N) is 1. The summed E-state index contributed by atoms with van der Waals surface area (Å²) in [7, 11) is 0. The average Bonchev–Trinajstić information content (AvgIpc) is 3.08. The van der Waals surface area contributed by atoms with Crippen LogP contribution in [0.5, 0.6) is 0 Å². The first kappa shape index (κ1) is 21.6. The number of carbonyl (C=O) groups excluding carboxylic acids is 1. The molecule has 3 aromatic rings. The number of rotatable bonds is 3. The maximum atomic E-state index is 12.3. The van der Waals surface area contributed by atoms with Crippen LogP contribution >= 0.6 is 0 Å². The number of anilines is 2. The Labute approximate surface area is 187 Å². The van der Waals surface area contributed by atoms with Crippen molar-refractivity contribution in [2.75, 3.05) is 36.8 Å². The van der Waals surface area contributed by atoms with E-state index < -0.39 is 5.60 Å². The number of aromatic nitrogens is 4. The van der Waals surface area contributed by atoms with Crippen LogP contribution in [0.15, 0.2) is 42.7 Å². The van der Waals surface area contributed by atoms with Crippen LogP contribution in [0.2, 0.25) is 0 Å². The van der Waals surface area contributed by atoms with E-state index in [1.165, 1.54) is 0 Å². The number of nitrogen functional groups attached to an aromatic ring is 1. The van der Waals surface area contributed by atoms with Gasteiger partial charge < -0.3 is 20.3 Å². The number of hydrogen-bond donors (Lipinski definition) is 1. The monoisotopic (exact) mass is 435 g/mol. The molecule has 1 aliphatic heterocycles. The van der Waals surface area contributed by atoms with E-state index in [0.29, 0.717) is 37.9 Å². The molecule has 1 aliphatic rings. The first-order valence-corrected chi connectivity index (χ1v) is 10.7. The lowest BCUT2D eigenvalue weighted by Gasteiger charge is -2.35. The summed E-state index contributed by atoms with van der Waals surface area (Å²) in [5.74, 6) is 1.22. The summed E-state index contributed by atoms with van der Waals surface area (Å²) in [5, 5.41) is 4.69. The first-order chi connectivity index (χ1) is 15.2. The molecule has 9 heteroatoms. The van der Waals surface area contributed by atoms with Crippen LogP contribution in [0, 0.1) is 6.92 Å². The highest BCUT2D eigenvalue weighted by Crippen LogP contribution is 2.28. The maximum absolute atomic E-state index is 12.3. The minimum absolute atomic E-state index is 0.282. The van der Waals surface area contributed by atoms with Gasteiger partial charge in [0.25, 0.3) is 0 Å². The molecule has 9 nitrogen and oxygen atoms in total. The van der Waals surface area contributed by atoms with Gasteiger partial charge in [-0.25, -0.2) is 19.4 Å². The van der Waals surface area contributed by atoms with Gasteiger partial charge in [-0.05, 0) is 39.8 Å². The predicted octanol–water partition coefficient (Wildman–Crippen LogP) is 3.28. The van der Waals surface area contributed by atoms with Crippen molar-refractivity contribution in [1.29, 1.82) is 0 Å². The molecule has 3 heterocycles. The van der Waals surface area contributed by atoms with Crippen molar-refractivity contribution in [3.05, 3.63) is 48.3 Å². The molecule has 1 amide bonds. The summed E-state index contributed by atoms with van der Waals surface area (Å²) in [5.41, 5.74) is 9.16. The second kappa shape index (κ2) is 8.49. The molecule has 1 aromatic carbocycles. The number of ether oxygens (including phenoxy) is 1. The Morgan fingerprint density at radius 3 is 2.25 bits per heavy atom. The van der Waals surface area contributed by atoms with Gasteiger partial charge >= 0.3 is 6.09 Å². The Morgan fingerprint density at radius 2 is 1.66 bits per heavy atom. The maximum Gasteiger partial charge on any atom is 0.410 e. The molecule has 0 radical (unpaired) electrons. The number of carbonyl (C=O) groups is 1. The zero-order valence-electron chi connectivity index (χ0n) is 18.9. The second-order valence-corrected chi connectivity index (χ2v) is 8.83. The highest BCUT2D eigenvalue weighted by molar-refractivity contribution is 5.69. The van der Waals surface area contributed by atoms with E-state index >= 15 is 0 Å². The van der Waals surface area contributed by atoms with Gasteiger partial charge in [-0.15, -0.1) is 0 Å². The van der Waals surface area contributed by atoms with Crippen molar-refractivity contribution in [3.8, 4) is 16.9 Å². The van der Waals surface area contributed by atoms with Gasteiger partial charge in [0.15, 0.2) is 0 Å². The summed E-state index contributed by atoms with van der Waals surface area (Å²) in [6.45, 7) is 9.98. The van der Waals surface area contributed by atoms with Crippen LogP contribution in [-0.4, -0.2) is 62.5 Å². The Balaban J connectivity index is 1.45. The Kier molecular flexibility index (Phi) is 5.73. The van der Waals surface area contributed by atoms with Crippen molar-refractivity contribution in [2.45, 2.75) is 33.3 Å². The smallest absolute Gasteiger partial charge is 0.410 e. The summed E-state index contributed by atoms with van der Waals surface area (Å²) < 4.78 is 7.19. The fraction of sp³-hybridized carbons (Fsp3) is 0.391. The van der Waals surface area contributed by atoms with Gasteiger partial charge in [-0.1, -0.05) is 18.2 Å². The third-order valence-electron chi connectivity index (χ3n) is 5.29. The molecular weight excluding hydrogens is 406 g/mol. The Morgan fingerprint density at radius 1 is 1.03 bits per heavy atom. The van der Waals surface area contributed by atoms with Gasteiger partial charge in [0.2, 0.25) is 5.95 Å². The predicted molar refractivity (Wildman–Crippen MR) is 124 cm³/mol. The quantitative estimate of drug-likeness (QED) is 0.673. The van der Waals surface area contributed by atoms with Crippen LogP contribution in [0.4, 0.5) is 16.6 Å². The topological polar surface area (TPSA) is 102 Å². The van der Waals surface area contributed by atoms with Gasteiger partial charge in [0.05, 0.1) is 5.69 Å². The van der Waals surface area contributed by atoms with Gasteiger partial charge in [0.1, 0.15) is 17.1 Å². The zero-order chi connectivity index (χ0) is 22.9. The van der Waals surface area contributed by atoms with E-state index in [1.807, 2.05) is 58.0 Å². The molecule has 168 valence electrons. The highest BCUT2D eigenvalue weighted by Gasteiger charge is 2.27. The Hall–Kier alpha value is -3.62. The van der Waals surface area contributed by atoms with E-state index in [9.17, 15) is 4.79 Å². The third kappa shape index (κ3) is 4.51. The number of piperazine rings is 1. The van der Waals surface area contributed by atoms with E-state index in [-0.39, 0.29) is 6.09 Å². The lowest BCUT2D eigenvalue weighted by molar-refractivity contribution is 0.0240. The molecule has 0 unspecified atom stereocenters. The molecule has 1 fully saturated rings. The first-order valence-electron chi connectivity index (χ1n) is 10.7. The third-order valence-corrected chi connectivity index (χ3v) is 5.29. The molecule has 2 aromatic heterocycles. The Bertz CT molecular complexity index is 1080. The fourth-order valence-corrected chi connectivity index (χ4v) is 3.57. The molecule has 0 spiro atoms. The van der Waals surface area contributed by atoms with Crippen LogP contribution in [0.3, 0.4) is 0 Å². The van der Waals surface area contributed by atoms with Crippen molar-refractivity contribution < 1.29 is 9.53 Å². The lowest BCUT2D eigenvalue weighted by atomic mass is 10.1. The van der Waals surface area contributed by atoms with Crippen LogP contribution in [0.25, 0.3) is 16.9 Å². The summed E-state index contributed by atoms with van der Waals surface area (Å²) in [6.07, 6.45) is 3.26. The number of hydrogen-bond acceptors (Lipinski definition) is 7. The number of para-hydroxylation sites is 1. The van der Waals surface area contributed by atoms with Crippen LogP contribution in [0.1, 0.15) is 26.3 Å². The summed E-state index contributed by atoms with van der Waals surface area (Å²) in [4.78, 5) is 25.1. The molecule has 0 saturated carbocycles. The van der Waals surface area contributed by atoms with E-state index in [4.69, 9.17) is 15.6 Å². The summed E-state index contributed by atoms with van der Waals surface area (Å²) >= 11 is 0. The average molecular weight is 436 g/mol. The van der Waals surface area contributed by atoms with Crippen molar-refractivity contribution in [2.24, 2.45) is 0 Å². The van der Waals surface area contributed by atoms with Crippen molar-refractivity contribution >= 4 is 17.9 Å². The zero-order valence-corrected chi connectivity index (χ0v) is 18.9. The van der Waals surface area contributed by atoms with E-state index in [0.717, 1.165) is 22.5 Å². The van der Waals surface area contributed by atoms with Gasteiger partial charge in [0, 0.05) is 49.7 Å². The molecule has 32 heavy (non-hydrogen) atoms. The van der Waals surface area contributed by atoms with Gasteiger partial charge in [-0.2, -0.15) is 5.10 Å². The molecular formula is C23H29N7O2. The van der Waals surface area contributed by atoms with Crippen molar-refractivity contribution in [3.63, 3.8) is 0 Å². The molecule has 0 atom stereocenters. The van der Waals surface area contributed by atoms with E-state index in [1.54, 1.807) is 22.0 Å². The normalized spacial score (nSPS) is 14.5. The minimum Gasteiger partial charge on any atom is -0.444 e. The number of nitrogens with zero attached hydrogens (tertiary/aromatic N) is 6. The van der Waals surface area contributed by atoms with Crippen LogP contribution < -0.4 is 10.6 Å². The largest absolute Gasteiger partial charge is 0.444 e. The molecule has 0 aliphatic carbocycles. The summed E-state index contributed by atoms with van der Waals surface area (Å²) in [6, 6.07) is 9.78. The van der Waals surface area contributed by atoms with Crippen molar-refractivity contribution in [1.82, 2.24) is 24.6 Å². The van der Waals surface area contributed by atoms with E-state index in [2.05, 4.69) is 14.9 Å². The highest BCUT2D eigenvalue weighted by atomic mass is 16.6. The molecule has 0 bridgehead atoms. The molecule has 4 rings (SSSR count). The number of amides is 1. The SMILES string of the molecule is Cc1c(-c2cnc(N3CCN(C(=O)OC(C)(C)C)CC3)nc2)nn(-c2ccccc2)c1N. The molecule has 1 saturated heterocycles. The standard InChI is InChI=1S/C23H29N7O2/c1-16-19(27-30(20(16)24)18-8-6-5-7-9-18)17-14-25-21(26-15-17)28-10-12-29(13-11-28)22(31)32-23(2,3)4/h5-9,14-15H,10-13,24H2,1-4H3. The fourth-order valence-electron chi connectivity index (χ4n) is 3.57. The molecule has 2 N–H and O–H groups in total. The van der Waals surface area contributed by atoms with Crippen LogP contribution in [-0.2, 0) is 4.74 Å². The number of benzene rings is 1. The van der Waals surface area contributed by atoms with Gasteiger partial charge in [-0.3, -0.25) is 0 Å².